The number of nitrogens with one attached hydrogen (secondary N) is 2. The lowest BCUT2D eigenvalue weighted by Crippen LogP contribution is -2.35. The number of rotatable bonds is 8. The molecule has 2 fully saturated rings. The van der Waals surface area contributed by atoms with Gasteiger partial charge >= 0.3 is 0 Å². The minimum absolute atomic E-state index is 0.158. The quantitative estimate of drug-likeness (QED) is 0.412. The second-order valence-electron chi connectivity index (χ2n) is 10.3. The second-order valence-corrected chi connectivity index (χ2v) is 10.3. The third kappa shape index (κ3) is 6.44. The Kier molecular flexibility index (Phi) is 7.97. The van der Waals surface area contributed by atoms with E-state index in [4.69, 9.17) is 14.5 Å². The first-order chi connectivity index (χ1) is 17.9. The number of hydrogen-bond donors (Lipinski definition) is 3. The molecule has 0 spiro atoms. The highest BCUT2D eigenvalue weighted by atomic mass is 16.5. The molecule has 1 aliphatic carbocycles. The van der Waals surface area contributed by atoms with Gasteiger partial charge in [0.05, 0.1) is 48.5 Å². The maximum Gasteiger partial charge on any atom is 0.225 e. The molecule has 0 radical (unpaired) electrons. The van der Waals surface area contributed by atoms with Crippen molar-refractivity contribution in [3.8, 4) is 5.75 Å². The number of aliphatic hydroxyl groups is 1. The van der Waals surface area contributed by atoms with E-state index < -0.39 is 6.10 Å². The summed E-state index contributed by atoms with van der Waals surface area (Å²) in [6.45, 7) is 3.11. The van der Waals surface area contributed by atoms with Crippen LogP contribution in [0.5, 0.6) is 5.75 Å². The van der Waals surface area contributed by atoms with Gasteiger partial charge in [-0.2, -0.15) is 4.98 Å². The molecule has 198 valence electrons. The van der Waals surface area contributed by atoms with Gasteiger partial charge in [0.1, 0.15) is 17.4 Å². The minimum atomic E-state index is -0.697. The van der Waals surface area contributed by atoms with Gasteiger partial charge in [0.25, 0.3) is 0 Å². The molecular formula is C27H37N7O3. The number of fused-ring (bicyclic) bond motifs is 1. The summed E-state index contributed by atoms with van der Waals surface area (Å²) >= 11 is 0. The van der Waals surface area contributed by atoms with Crippen molar-refractivity contribution in [1.29, 1.82) is 0 Å². The maximum atomic E-state index is 10.1. The average molecular weight is 508 g/mol. The summed E-state index contributed by atoms with van der Waals surface area (Å²) in [4.78, 5) is 20.7. The summed E-state index contributed by atoms with van der Waals surface area (Å²) < 4.78 is 11.8. The largest absolute Gasteiger partial charge is 0.489 e. The fourth-order valence-electron chi connectivity index (χ4n) is 4.99. The van der Waals surface area contributed by atoms with E-state index in [1.54, 1.807) is 19.3 Å². The van der Waals surface area contributed by atoms with E-state index in [0.717, 1.165) is 56.3 Å². The number of anilines is 3. The molecule has 5 rings (SSSR count). The van der Waals surface area contributed by atoms with Gasteiger partial charge in [0, 0.05) is 18.0 Å². The first-order valence-electron chi connectivity index (χ1n) is 13.2. The van der Waals surface area contributed by atoms with Gasteiger partial charge in [-0.1, -0.05) is 0 Å². The molecule has 4 heterocycles. The Morgan fingerprint density at radius 1 is 1.08 bits per heavy atom. The number of aromatic nitrogens is 4. The van der Waals surface area contributed by atoms with Gasteiger partial charge in [-0.15, -0.1) is 0 Å². The SMILES string of the molecule is C[C@@H](O)c1cc2c(Nc3ccc(OC4CCC(N(C)C)CC4)cn3)nc(N[C@H]3CCCOC3)nc2cn1. The van der Waals surface area contributed by atoms with E-state index in [2.05, 4.69) is 44.6 Å². The predicted octanol–water partition coefficient (Wildman–Crippen LogP) is 4.06. The zero-order valence-corrected chi connectivity index (χ0v) is 21.9. The van der Waals surface area contributed by atoms with Crippen LogP contribution in [0.4, 0.5) is 17.6 Å². The second kappa shape index (κ2) is 11.5. The first kappa shape index (κ1) is 25.6. The van der Waals surface area contributed by atoms with Crippen molar-refractivity contribution in [3.05, 3.63) is 36.3 Å². The number of pyridine rings is 2. The minimum Gasteiger partial charge on any atom is -0.489 e. The summed E-state index contributed by atoms with van der Waals surface area (Å²) in [6, 6.07) is 6.45. The van der Waals surface area contributed by atoms with Crippen molar-refractivity contribution in [3.63, 3.8) is 0 Å². The zero-order valence-electron chi connectivity index (χ0n) is 21.9. The molecule has 0 bridgehead atoms. The van der Waals surface area contributed by atoms with E-state index in [1.807, 2.05) is 18.2 Å². The van der Waals surface area contributed by atoms with Crippen molar-refractivity contribution < 1.29 is 14.6 Å². The van der Waals surface area contributed by atoms with Crippen LogP contribution in [-0.2, 0) is 4.74 Å². The molecule has 3 N–H and O–H groups in total. The van der Waals surface area contributed by atoms with E-state index in [-0.39, 0.29) is 12.1 Å². The molecule has 2 atom stereocenters. The number of aliphatic hydroxyl groups excluding tert-OH is 1. The van der Waals surface area contributed by atoms with Gasteiger partial charge < -0.3 is 30.1 Å². The average Bonchev–Trinajstić information content (AvgIpc) is 2.90. The van der Waals surface area contributed by atoms with Gasteiger partial charge in [-0.3, -0.25) is 4.98 Å². The van der Waals surface area contributed by atoms with Gasteiger partial charge in [0.15, 0.2) is 0 Å². The summed E-state index contributed by atoms with van der Waals surface area (Å²) in [6.07, 6.45) is 9.37. The van der Waals surface area contributed by atoms with Crippen molar-refractivity contribution >= 4 is 28.5 Å². The lowest BCUT2D eigenvalue weighted by Gasteiger charge is -2.32. The highest BCUT2D eigenvalue weighted by Gasteiger charge is 2.24. The number of ether oxygens (including phenoxy) is 2. The lowest BCUT2D eigenvalue weighted by atomic mass is 9.92. The smallest absolute Gasteiger partial charge is 0.225 e. The first-order valence-corrected chi connectivity index (χ1v) is 13.2. The van der Waals surface area contributed by atoms with Crippen molar-refractivity contribution in [2.75, 3.05) is 37.9 Å². The Hall–Kier alpha value is -3.08. The normalized spacial score (nSPS) is 23.1. The number of nitrogens with zero attached hydrogens (tertiary/aromatic N) is 5. The van der Waals surface area contributed by atoms with E-state index >= 15 is 0 Å². The molecule has 1 saturated carbocycles. The fraction of sp³-hybridized carbons (Fsp3) is 0.556. The van der Waals surface area contributed by atoms with E-state index in [9.17, 15) is 5.11 Å². The van der Waals surface area contributed by atoms with Gasteiger partial charge in [-0.05, 0) is 77.7 Å². The topological polar surface area (TPSA) is 118 Å². The Labute approximate surface area is 217 Å². The molecule has 2 aliphatic rings. The van der Waals surface area contributed by atoms with Crippen molar-refractivity contribution in [2.45, 2.75) is 69.7 Å². The third-order valence-electron chi connectivity index (χ3n) is 7.18. The van der Waals surface area contributed by atoms with Gasteiger partial charge in [0.2, 0.25) is 5.95 Å². The van der Waals surface area contributed by atoms with Crippen LogP contribution in [0.3, 0.4) is 0 Å². The highest BCUT2D eigenvalue weighted by Crippen LogP contribution is 2.29. The van der Waals surface area contributed by atoms with E-state index in [1.165, 1.54) is 0 Å². The predicted molar refractivity (Wildman–Crippen MR) is 143 cm³/mol. The van der Waals surface area contributed by atoms with Crippen LogP contribution in [0.25, 0.3) is 10.9 Å². The highest BCUT2D eigenvalue weighted by molar-refractivity contribution is 5.91. The Morgan fingerprint density at radius 3 is 2.59 bits per heavy atom. The van der Waals surface area contributed by atoms with Crippen LogP contribution in [0.15, 0.2) is 30.6 Å². The molecular weight excluding hydrogens is 470 g/mol. The summed E-state index contributed by atoms with van der Waals surface area (Å²) in [5.74, 6) is 2.51. The van der Waals surface area contributed by atoms with Crippen LogP contribution in [0, 0.1) is 0 Å². The zero-order chi connectivity index (χ0) is 25.8. The molecule has 0 unspecified atom stereocenters. The van der Waals surface area contributed by atoms with Crippen molar-refractivity contribution in [2.24, 2.45) is 0 Å². The fourth-order valence-corrected chi connectivity index (χ4v) is 4.99. The molecule has 0 aromatic carbocycles. The molecule has 3 aromatic rings. The van der Waals surface area contributed by atoms with Crippen LogP contribution < -0.4 is 15.4 Å². The molecule has 10 nitrogen and oxygen atoms in total. The molecule has 0 amide bonds. The molecule has 37 heavy (non-hydrogen) atoms. The van der Waals surface area contributed by atoms with Crippen LogP contribution in [-0.4, -0.2) is 75.4 Å². The van der Waals surface area contributed by atoms with Gasteiger partial charge in [-0.25, -0.2) is 9.97 Å². The summed E-state index contributed by atoms with van der Waals surface area (Å²) in [5, 5.41) is 17.6. The molecule has 1 saturated heterocycles. The van der Waals surface area contributed by atoms with Crippen LogP contribution in [0.1, 0.15) is 57.2 Å². The lowest BCUT2D eigenvalue weighted by molar-refractivity contribution is 0.0874. The van der Waals surface area contributed by atoms with Crippen LogP contribution >= 0.6 is 0 Å². The third-order valence-corrected chi connectivity index (χ3v) is 7.18. The standard InChI is InChI=1S/C27H37N7O3/c1-17(35)23-13-22-24(15-28-23)31-27(30-18-5-4-12-36-16-18)33-26(22)32-25-11-10-21(14-29-25)37-20-8-6-19(7-9-20)34(2)3/h10-11,13-15,17-20,35H,4-9,12,16H2,1-3H3,(H2,29,30,31,32,33)/t17-,18+,19?,20?/m1/s1. The Morgan fingerprint density at radius 2 is 1.92 bits per heavy atom. The van der Waals surface area contributed by atoms with Crippen molar-refractivity contribution in [1.82, 2.24) is 24.8 Å². The maximum absolute atomic E-state index is 10.1. The Bertz CT molecular complexity index is 1170. The number of hydrogen-bond acceptors (Lipinski definition) is 10. The van der Waals surface area contributed by atoms with Crippen LogP contribution in [0.2, 0.25) is 0 Å². The molecule has 10 heteroatoms. The Balaban J connectivity index is 1.33. The summed E-state index contributed by atoms with van der Waals surface area (Å²) in [7, 11) is 4.29. The molecule has 3 aromatic heterocycles. The monoisotopic (exact) mass is 507 g/mol. The van der Waals surface area contributed by atoms with E-state index in [0.29, 0.717) is 41.4 Å². The molecule has 1 aliphatic heterocycles. The summed E-state index contributed by atoms with van der Waals surface area (Å²) in [5.41, 5.74) is 1.23.